The molecule has 0 unspecified atom stereocenters. The summed E-state index contributed by atoms with van der Waals surface area (Å²) in [7, 11) is -3.43. The number of hydrogen-bond acceptors (Lipinski definition) is 2. The van der Waals surface area contributed by atoms with Gasteiger partial charge in [-0.3, -0.25) is 0 Å². The van der Waals surface area contributed by atoms with E-state index in [1.807, 2.05) is 110 Å². The van der Waals surface area contributed by atoms with Gasteiger partial charge in [-0.05, 0) is 120 Å². The molecular weight excluding hydrogens is 905 g/mol. The summed E-state index contributed by atoms with van der Waals surface area (Å²) in [6.07, 6.45) is 0. The standard InChI is InChI=1S/C62H56F4N2Si2/c1-37-11-13-39(3)49(31-37)51-33-59(55(65)35-53(51)63)67(43-19-23-45(24-20-43)69(5,6)7)57-29-17-41-16-28-48-58(30-18-42-15-27-47(57)61(41)62(42)48)68(44-21-25-46(26-22-44)70(8,9)10)60-34-52(54(64)36-56(60)66)50-32-38(2)12-14-40(50)4/h11-36H,1-10H3. The fourth-order valence-electron chi connectivity index (χ4n) is 10.1. The molecule has 0 spiro atoms. The van der Waals surface area contributed by atoms with Crippen LogP contribution >= 0.6 is 0 Å². The Morgan fingerprint density at radius 2 is 0.686 bits per heavy atom. The van der Waals surface area contributed by atoms with Crippen molar-refractivity contribution in [3.63, 3.8) is 0 Å². The number of aryl methyl sites for hydroxylation is 4. The Morgan fingerprint density at radius 1 is 0.329 bits per heavy atom. The van der Waals surface area contributed by atoms with Gasteiger partial charge in [-0.1, -0.05) is 158 Å². The van der Waals surface area contributed by atoms with Crippen LogP contribution in [0.2, 0.25) is 39.3 Å². The third-order valence-electron chi connectivity index (χ3n) is 14.0. The smallest absolute Gasteiger partial charge is 0.150 e. The molecule has 0 bridgehead atoms. The van der Waals surface area contributed by atoms with Gasteiger partial charge < -0.3 is 9.80 Å². The van der Waals surface area contributed by atoms with Gasteiger partial charge in [0.05, 0.1) is 38.9 Å². The zero-order valence-corrected chi connectivity index (χ0v) is 43.4. The summed E-state index contributed by atoms with van der Waals surface area (Å²) < 4.78 is 66.0. The molecule has 2 nitrogen and oxygen atoms in total. The fourth-order valence-corrected chi connectivity index (χ4v) is 12.4. The molecule has 0 radical (unpaired) electrons. The Hall–Kier alpha value is -7.01. The summed E-state index contributed by atoms with van der Waals surface area (Å²) in [5.41, 5.74) is 9.08. The van der Waals surface area contributed by atoms with Crippen molar-refractivity contribution < 1.29 is 17.6 Å². The van der Waals surface area contributed by atoms with Crippen LogP contribution in [0.3, 0.4) is 0 Å². The summed E-state index contributed by atoms with van der Waals surface area (Å²) in [5, 5.41) is 8.05. The summed E-state index contributed by atoms with van der Waals surface area (Å²) in [5.74, 6) is -2.65. The lowest BCUT2D eigenvalue weighted by molar-refractivity contribution is 0.585. The topological polar surface area (TPSA) is 6.48 Å². The Kier molecular flexibility index (Phi) is 11.6. The lowest BCUT2D eigenvalue weighted by Gasteiger charge is -2.30. The van der Waals surface area contributed by atoms with Crippen LogP contribution in [0.5, 0.6) is 0 Å². The van der Waals surface area contributed by atoms with Crippen LogP contribution in [0.1, 0.15) is 22.3 Å². The lowest BCUT2D eigenvalue weighted by atomic mass is 9.91. The molecule has 350 valence electrons. The van der Waals surface area contributed by atoms with Gasteiger partial charge in [0.1, 0.15) is 23.3 Å². The van der Waals surface area contributed by atoms with Gasteiger partial charge in [-0.2, -0.15) is 0 Å². The minimum atomic E-state index is -1.71. The zero-order valence-electron chi connectivity index (χ0n) is 41.4. The lowest BCUT2D eigenvalue weighted by Crippen LogP contribution is -2.37. The van der Waals surface area contributed by atoms with Gasteiger partial charge in [-0.25, -0.2) is 17.6 Å². The maximum absolute atomic E-state index is 16.9. The number of halogens is 4. The Labute approximate surface area is 410 Å². The first-order chi connectivity index (χ1) is 33.3. The average Bonchev–Trinajstić information content (AvgIpc) is 3.32. The molecule has 10 aromatic rings. The molecule has 0 atom stereocenters. The molecule has 0 aliphatic heterocycles. The van der Waals surface area contributed by atoms with Gasteiger partial charge in [0.2, 0.25) is 0 Å². The number of rotatable bonds is 10. The highest BCUT2D eigenvalue weighted by atomic mass is 28.3. The third kappa shape index (κ3) is 8.26. The molecule has 0 saturated heterocycles. The van der Waals surface area contributed by atoms with Crippen molar-refractivity contribution in [1.29, 1.82) is 0 Å². The molecule has 0 aromatic heterocycles. The van der Waals surface area contributed by atoms with Crippen LogP contribution in [-0.4, -0.2) is 16.1 Å². The van der Waals surface area contributed by atoms with E-state index in [2.05, 4.69) is 99.9 Å². The summed E-state index contributed by atoms with van der Waals surface area (Å²) in [6.45, 7) is 21.6. The Balaban J connectivity index is 1.24. The molecule has 0 aliphatic carbocycles. The Bertz CT molecular complexity index is 3420. The number of nitrogens with zero attached hydrogens (tertiary/aromatic N) is 2. The second-order valence-corrected chi connectivity index (χ2v) is 31.2. The predicted molar refractivity (Wildman–Crippen MR) is 295 cm³/mol. The van der Waals surface area contributed by atoms with Crippen molar-refractivity contribution in [3.8, 4) is 22.3 Å². The quantitative estimate of drug-likeness (QED) is 0.0766. The first-order valence-electron chi connectivity index (χ1n) is 23.9. The first kappa shape index (κ1) is 46.7. The van der Waals surface area contributed by atoms with Crippen molar-refractivity contribution in [2.24, 2.45) is 0 Å². The number of benzene rings is 10. The van der Waals surface area contributed by atoms with E-state index in [1.54, 1.807) is 12.1 Å². The molecule has 0 fully saturated rings. The van der Waals surface area contributed by atoms with Crippen molar-refractivity contribution >= 4 is 93.0 Å². The molecule has 10 rings (SSSR count). The van der Waals surface area contributed by atoms with Crippen molar-refractivity contribution in [1.82, 2.24) is 0 Å². The maximum Gasteiger partial charge on any atom is 0.150 e. The molecular formula is C62H56F4N2Si2. The van der Waals surface area contributed by atoms with E-state index in [-0.39, 0.29) is 11.4 Å². The van der Waals surface area contributed by atoms with Crippen LogP contribution in [0.4, 0.5) is 51.7 Å². The highest BCUT2D eigenvalue weighted by molar-refractivity contribution is 6.89. The SMILES string of the molecule is Cc1ccc(C)c(-c2cc(N(c3ccc([Si](C)(C)C)cc3)c3ccc4ccc5c(N(c6ccc([Si](C)(C)C)cc6)c6cc(-c7cc(C)ccc7C)c(F)cc6F)ccc6ccc3c4c65)c(F)cc2F)c1. The first-order valence-corrected chi connectivity index (χ1v) is 30.9. The second kappa shape index (κ2) is 17.4. The monoisotopic (exact) mass is 960 g/mol. The van der Waals surface area contributed by atoms with Crippen LogP contribution in [0, 0.1) is 51.0 Å². The summed E-state index contributed by atoms with van der Waals surface area (Å²) in [6, 6.07) is 50.3. The average molecular weight is 961 g/mol. The van der Waals surface area contributed by atoms with Gasteiger partial charge in [0.15, 0.2) is 0 Å². The van der Waals surface area contributed by atoms with Crippen LogP contribution in [0.15, 0.2) is 158 Å². The Morgan fingerprint density at radius 3 is 1.04 bits per heavy atom. The molecule has 8 heteroatoms. The molecule has 0 heterocycles. The summed E-state index contributed by atoms with van der Waals surface area (Å²) >= 11 is 0. The van der Waals surface area contributed by atoms with Gasteiger partial charge in [0.25, 0.3) is 0 Å². The fraction of sp³-hybridized carbons (Fsp3) is 0.161. The normalized spacial score (nSPS) is 12.1. The van der Waals surface area contributed by atoms with E-state index in [0.29, 0.717) is 33.6 Å². The van der Waals surface area contributed by atoms with E-state index in [4.69, 9.17) is 0 Å². The van der Waals surface area contributed by atoms with E-state index < -0.39 is 39.4 Å². The molecule has 0 saturated carbocycles. The van der Waals surface area contributed by atoms with Gasteiger partial charge >= 0.3 is 0 Å². The van der Waals surface area contributed by atoms with E-state index in [1.165, 1.54) is 10.4 Å². The van der Waals surface area contributed by atoms with E-state index in [0.717, 1.165) is 78.1 Å². The van der Waals surface area contributed by atoms with Crippen LogP contribution < -0.4 is 20.2 Å². The minimum absolute atomic E-state index is 0.216. The minimum Gasteiger partial charge on any atom is -0.307 e. The van der Waals surface area contributed by atoms with Crippen molar-refractivity contribution in [2.75, 3.05) is 9.80 Å². The maximum atomic E-state index is 16.9. The van der Waals surface area contributed by atoms with Crippen molar-refractivity contribution in [2.45, 2.75) is 67.0 Å². The van der Waals surface area contributed by atoms with E-state index in [9.17, 15) is 0 Å². The van der Waals surface area contributed by atoms with Gasteiger partial charge in [0, 0.05) is 45.4 Å². The summed E-state index contributed by atoms with van der Waals surface area (Å²) in [4.78, 5) is 3.83. The molecule has 0 N–H and O–H groups in total. The predicted octanol–water partition coefficient (Wildman–Crippen LogP) is 17.7. The largest absolute Gasteiger partial charge is 0.307 e. The highest BCUT2D eigenvalue weighted by Crippen LogP contribution is 2.49. The van der Waals surface area contributed by atoms with Gasteiger partial charge in [-0.15, -0.1) is 0 Å². The zero-order chi connectivity index (χ0) is 49.6. The van der Waals surface area contributed by atoms with Crippen molar-refractivity contribution in [3.05, 3.63) is 203 Å². The third-order valence-corrected chi connectivity index (χ3v) is 18.1. The number of hydrogen-bond donors (Lipinski definition) is 0. The number of anilines is 6. The van der Waals surface area contributed by atoms with E-state index >= 15 is 17.6 Å². The molecule has 0 amide bonds. The second-order valence-electron chi connectivity index (χ2n) is 21.1. The molecule has 70 heavy (non-hydrogen) atoms. The molecule has 0 aliphatic rings. The molecule has 10 aromatic carbocycles. The van der Waals surface area contributed by atoms with Crippen LogP contribution in [0.25, 0.3) is 54.6 Å². The highest BCUT2D eigenvalue weighted by Gasteiger charge is 2.28. The van der Waals surface area contributed by atoms with Crippen LogP contribution in [-0.2, 0) is 0 Å².